The molecule has 0 aliphatic rings. The van der Waals surface area contributed by atoms with E-state index in [2.05, 4.69) is 155 Å². The smallest absolute Gasteiger partial charge is 0.0709 e. The average molecular weight is 560 g/mol. The second-order valence-electron chi connectivity index (χ2n) is 11.6. The number of nitrogens with zero attached hydrogens (tertiary/aromatic N) is 3. The van der Waals surface area contributed by atoms with Crippen LogP contribution in [-0.2, 0) is 0 Å². The van der Waals surface area contributed by atoms with Gasteiger partial charge in [0.1, 0.15) is 0 Å². The van der Waals surface area contributed by atoms with E-state index >= 15 is 0 Å². The summed E-state index contributed by atoms with van der Waals surface area (Å²) in [5.41, 5.74) is 11.5. The van der Waals surface area contributed by atoms with Gasteiger partial charge in [-0.25, -0.2) is 4.98 Å². The Hall–Kier alpha value is -5.93. The van der Waals surface area contributed by atoms with Gasteiger partial charge in [0.2, 0.25) is 0 Å². The molecule has 0 aliphatic heterocycles. The highest BCUT2D eigenvalue weighted by Crippen LogP contribution is 2.45. The SMILES string of the molecule is c1ccc(-c2cccc(-c3ccc(-n4c5cccc6c7ccccc7n7c8ccccc8c8ccc4c(c65)c87)cc3)n2)cc1. The summed E-state index contributed by atoms with van der Waals surface area (Å²) < 4.78 is 4.92. The highest BCUT2D eigenvalue weighted by molar-refractivity contribution is 6.33. The lowest BCUT2D eigenvalue weighted by molar-refractivity contribution is 1.18. The molecule has 3 heteroatoms. The molecule has 0 radical (unpaired) electrons. The summed E-state index contributed by atoms with van der Waals surface area (Å²) in [6.07, 6.45) is 0. The highest BCUT2D eigenvalue weighted by Gasteiger charge is 2.22. The number of pyridine rings is 1. The number of hydrogen-bond acceptors (Lipinski definition) is 1. The molecule has 0 aliphatic carbocycles. The molecule has 0 bridgehead atoms. The molecule has 6 aromatic carbocycles. The molecular formula is C41H25N3. The van der Waals surface area contributed by atoms with Gasteiger partial charge in [0, 0.05) is 43.7 Å². The van der Waals surface area contributed by atoms with E-state index in [9.17, 15) is 0 Å². The van der Waals surface area contributed by atoms with Crippen LogP contribution in [0.4, 0.5) is 0 Å². The fraction of sp³-hybridized carbons (Fsp3) is 0. The van der Waals surface area contributed by atoms with Crippen molar-refractivity contribution in [2.45, 2.75) is 0 Å². The lowest BCUT2D eigenvalue weighted by atomic mass is 10.0. The van der Waals surface area contributed by atoms with Gasteiger partial charge in [0.25, 0.3) is 0 Å². The third-order valence-electron chi connectivity index (χ3n) is 9.26. The maximum atomic E-state index is 5.00. The molecule has 0 spiro atoms. The van der Waals surface area contributed by atoms with Gasteiger partial charge in [0.05, 0.1) is 39.0 Å². The maximum Gasteiger partial charge on any atom is 0.0709 e. The zero-order valence-electron chi connectivity index (χ0n) is 23.8. The van der Waals surface area contributed by atoms with Gasteiger partial charge in [-0.2, -0.15) is 0 Å². The Bertz CT molecular complexity index is 2690. The third kappa shape index (κ3) is 3.13. The molecule has 10 aromatic rings. The Labute approximate surface area is 253 Å². The third-order valence-corrected chi connectivity index (χ3v) is 9.26. The number of para-hydroxylation sites is 2. The molecule has 204 valence electrons. The van der Waals surface area contributed by atoms with Crippen LogP contribution in [0, 0.1) is 0 Å². The van der Waals surface area contributed by atoms with E-state index in [0.717, 1.165) is 28.2 Å². The van der Waals surface area contributed by atoms with E-state index in [-0.39, 0.29) is 0 Å². The number of hydrogen-bond donors (Lipinski definition) is 0. The minimum Gasteiger partial charge on any atom is -0.309 e. The highest BCUT2D eigenvalue weighted by atomic mass is 15.0. The summed E-state index contributed by atoms with van der Waals surface area (Å²) in [6.45, 7) is 0. The second-order valence-corrected chi connectivity index (χ2v) is 11.6. The Morgan fingerprint density at radius 1 is 0.364 bits per heavy atom. The zero-order valence-corrected chi connectivity index (χ0v) is 23.8. The van der Waals surface area contributed by atoms with Crippen molar-refractivity contribution in [3.63, 3.8) is 0 Å². The van der Waals surface area contributed by atoms with Gasteiger partial charge in [-0.1, -0.05) is 103 Å². The van der Waals surface area contributed by atoms with Crippen molar-refractivity contribution in [1.82, 2.24) is 14.0 Å². The summed E-state index contributed by atoms with van der Waals surface area (Å²) in [5.74, 6) is 0. The molecule has 0 saturated carbocycles. The quantitative estimate of drug-likeness (QED) is 0.211. The molecule has 0 atom stereocenters. The molecule has 0 N–H and O–H groups in total. The lowest BCUT2D eigenvalue weighted by Gasteiger charge is -2.11. The van der Waals surface area contributed by atoms with E-state index in [4.69, 9.17) is 4.98 Å². The van der Waals surface area contributed by atoms with Crippen molar-refractivity contribution in [2.75, 3.05) is 0 Å². The molecule has 0 fully saturated rings. The molecule has 44 heavy (non-hydrogen) atoms. The number of benzene rings is 6. The van der Waals surface area contributed by atoms with Crippen LogP contribution < -0.4 is 0 Å². The van der Waals surface area contributed by atoms with Crippen LogP contribution in [0.5, 0.6) is 0 Å². The summed E-state index contributed by atoms with van der Waals surface area (Å²) in [6, 6.07) is 54.5. The molecule has 4 heterocycles. The van der Waals surface area contributed by atoms with Crippen molar-refractivity contribution in [2.24, 2.45) is 0 Å². The summed E-state index contributed by atoms with van der Waals surface area (Å²) in [7, 11) is 0. The van der Waals surface area contributed by atoms with Crippen molar-refractivity contribution in [1.29, 1.82) is 0 Å². The first-order valence-corrected chi connectivity index (χ1v) is 15.1. The van der Waals surface area contributed by atoms with Crippen LogP contribution in [0.2, 0.25) is 0 Å². The van der Waals surface area contributed by atoms with Crippen LogP contribution >= 0.6 is 0 Å². The fourth-order valence-corrected chi connectivity index (χ4v) is 7.39. The maximum absolute atomic E-state index is 5.00. The van der Waals surface area contributed by atoms with Crippen molar-refractivity contribution >= 4 is 59.9 Å². The van der Waals surface area contributed by atoms with Gasteiger partial charge in [0.15, 0.2) is 0 Å². The number of aromatic nitrogens is 3. The molecule has 0 amide bonds. The van der Waals surface area contributed by atoms with Gasteiger partial charge in [-0.05, 0) is 53.9 Å². The largest absolute Gasteiger partial charge is 0.309 e. The number of fused-ring (bicyclic) bond motifs is 6. The Morgan fingerprint density at radius 3 is 1.68 bits per heavy atom. The predicted octanol–water partition coefficient (Wildman–Crippen LogP) is 10.7. The number of rotatable bonds is 3. The van der Waals surface area contributed by atoms with Crippen LogP contribution in [0.1, 0.15) is 0 Å². The van der Waals surface area contributed by atoms with Crippen LogP contribution in [0.15, 0.2) is 152 Å². The molecule has 10 rings (SSSR count). The van der Waals surface area contributed by atoms with E-state index in [0.29, 0.717) is 0 Å². The normalized spacial score (nSPS) is 12.1. The summed E-state index contributed by atoms with van der Waals surface area (Å²) in [5, 5.41) is 7.73. The van der Waals surface area contributed by atoms with E-state index < -0.39 is 0 Å². The van der Waals surface area contributed by atoms with E-state index in [1.165, 1.54) is 59.9 Å². The van der Waals surface area contributed by atoms with Crippen LogP contribution in [0.25, 0.3) is 88.1 Å². The van der Waals surface area contributed by atoms with E-state index in [1.54, 1.807) is 0 Å². The van der Waals surface area contributed by atoms with Crippen LogP contribution in [-0.4, -0.2) is 14.0 Å². The minimum atomic E-state index is 0.972. The van der Waals surface area contributed by atoms with E-state index in [1.807, 2.05) is 6.07 Å². The standard InChI is InChI=1S/C41H25N3/c1-2-10-26(11-3-1)33-15-9-16-34(42-33)27-20-22-28(23-21-27)43-37-19-8-14-31-29-12-4-6-17-35(29)44-36-18-7-5-13-30(36)32-24-25-38(43)40(39(31)37)41(32)44/h1-25H. The van der Waals surface area contributed by atoms with Gasteiger partial charge in [-0.3, -0.25) is 0 Å². The Kier molecular flexibility index (Phi) is 4.72. The van der Waals surface area contributed by atoms with Crippen molar-refractivity contribution < 1.29 is 0 Å². The molecular weight excluding hydrogens is 534 g/mol. The first-order chi connectivity index (χ1) is 21.8. The van der Waals surface area contributed by atoms with Gasteiger partial charge in [-0.15, -0.1) is 0 Å². The molecule has 4 aromatic heterocycles. The Balaban J connectivity index is 1.26. The van der Waals surface area contributed by atoms with Crippen LogP contribution in [0.3, 0.4) is 0 Å². The molecule has 3 nitrogen and oxygen atoms in total. The molecule has 0 unspecified atom stereocenters. The van der Waals surface area contributed by atoms with Gasteiger partial charge < -0.3 is 8.97 Å². The summed E-state index contributed by atoms with van der Waals surface area (Å²) in [4.78, 5) is 5.00. The first-order valence-electron chi connectivity index (χ1n) is 15.1. The topological polar surface area (TPSA) is 22.2 Å². The Morgan fingerprint density at radius 2 is 0.932 bits per heavy atom. The van der Waals surface area contributed by atoms with Crippen molar-refractivity contribution in [3.8, 4) is 28.2 Å². The molecule has 0 saturated heterocycles. The first kappa shape index (κ1) is 23.6. The fourth-order valence-electron chi connectivity index (χ4n) is 7.39. The zero-order chi connectivity index (χ0) is 28.8. The van der Waals surface area contributed by atoms with Gasteiger partial charge >= 0.3 is 0 Å². The predicted molar refractivity (Wildman–Crippen MR) is 184 cm³/mol. The summed E-state index contributed by atoms with van der Waals surface area (Å²) >= 11 is 0. The minimum absolute atomic E-state index is 0.972. The lowest BCUT2D eigenvalue weighted by Crippen LogP contribution is -1.95. The second kappa shape index (κ2) is 8.79. The monoisotopic (exact) mass is 559 g/mol. The average Bonchev–Trinajstić information content (AvgIpc) is 3.57. The van der Waals surface area contributed by atoms with Crippen molar-refractivity contribution in [3.05, 3.63) is 152 Å².